The van der Waals surface area contributed by atoms with Crippen molar-refractivity contribution in [2.24, 2.45) is 4.90 Å². The van der Waals surface area contributed by atoms with Crippen molar-refractivity contribution in [1.82, 2.24) is 4.90 Å². The second-order valence-electron chi connectivity index (χ2n) is 7.14. The summed E-state index contributed by atoms with van der Waals surface area (Å²) in [5.41, 5.74) is 1.33. The first-order valence-electron chi connectivity index (χ1n) is 9.27. The first-order valence-corrected chi connectivity index (χ1v) is 10.1. The molecule has 1 N–H and O–H groups in total. The van der Waals surface area contributed by atoms with Gasteiger partial charge in [-0.25, -0.2) is 5.32 Å². The first-order chi connectivity index (χ1) is 11.6. The van der Waals surface area contributed by atoms with Crippen LogP contribution in [0.4, 0.5) is 5.13 Å². The lowest BCUT2D eigenvalue weighted by Crippen LogP contribution is -2.67. The number of rotatable bonds is 6. The number of aromatic nitrogens is 1. The predicted molar refractivity (Wildman–Crippen MR) is 107 cm³/mol. The SMILES string of the molecule is CCCC[B-]1(CCCC)N=C(N(C)C)Nc2sc3ccccc3[n+]21. The van der Waals surface area contributed by atoms with E-state index in [2.05, 4.69) is 66.9 Å². The Hall–Kier alpha value is -1.56. The van der Waals surface area contributed by atoms with Gasteiger partial charge in [-0.05, 0) is 12.1 Å². The highest BCUT2D eigenvalue weighted by Gasteiger charge is 2.40. The van der Waals surface area contributed by atoms with Gasteiger partial charge in [-0.2, -0.15) is 0 Å². The number of fused-ring (bicyclic) bond motifs is 3. The molecule has 1 aromatic heterocycles. The second-order valence-corrected chi connectivity index (χ2v) is 8.17. The summed E-state index contributed by atoms with van der Waals surface area (Å²) in [6, 6.07) is 8.75. The molecule has 0 saturated carbocycles. The molecule has 1 aliphatic heterocycles. The van der Waals surface area contributed by atoms with E-state index in [0.29, 0.717) is 0 Å². The van der Waals surface area contributed by atoms with Crippen LogP contribution in [0, 0.1) is 0 Å². The number of hydrogen-bond acceptors (Lipinski definition) is 4. The van der Waals surface area contributed by atoms with Crippen LogP contribution in [0.2, 0.25) is 12.6 Å². The van der Waals surface area contributed by atoms with Gasteiger partial charge in [0.25, 0.3) is 5.13 Å². The molecule has 0 fully saturated rings. The summed E-state index contributed by atoms with van der Waals surface area (Å²) in [4.78, 5) is 7.43. The van der Waals surface area contributed by atoms with Crippen molar-refractivity contribution in [3.8, 4) is 0 Å². The van der Waals surface area contributed by atoms with E-state index < -0.39 is 6.42 Å². The molecule has 130 valence electrons. The smallest absolute Gasteiger partial charge is 0.305 e. The molecule has 0 unspecified atom stereocenters. The fourth-order valence-corrected chi connectivity index (χ4v) is 4.96. The summed E-state index contributed by atoms with van der Waals surface area (Å²) in [5, 5.41) is 4.80. The highest BCUT2D eigenvalue weighted by molar-refractivity contribution is 7.22. The minimum atomic E-state index is -0.976. The number of guanidine groups is 1. The van der Waals surface area contributed by atoms with Gasteiger partial charge in [-0.15, -0.1) is 12.6 Å². The Balaban J connectivity index is 2.19. The van der Waals surface area contributed by atoms with Gasteiger partial charge in [0, 0.05) is 14.1 Å². The van der Waals surface area contributed by atoms with E-state index in [0.717, 1.165) is 18.6 Å². The highest BCUT2D eigenvalue weighted by Crippen LogP contribution is 2.33. The quantitative estimate of drug-likeness (QED) is 0.787. The molecule has 0 atom stereocenters. The molecule has 4 nitrogen and oxygen atoms in total. The third-order valence-electron chi connectivity index (χ3n) is 5.08. The van der Waals surface area contributed by atoms with E-state index in [9.17, 15) is 0 Å². The van der Waals surface area contributed by atoms with Crippen LogP contribution in [-0.2, 0) is 0 Å². The maximum absolute atomic E-state index is 5.32. The summed E-state index contributed by atoms with van der Waals surface area (Å²) in [6.07, 6.45) is 6.23. The lowest BCUT2D eigenvalue weighted by Gasteiger charge is -2.38. The number of unbranched alkanes of at least 4 members (excludes halogenated alkanes) is 2. The van der Waals surface area contributed by atoms with E-state index in [-0.39, 0.29) is 0 Å². The van der Waals surface area contributed by atoms with E-state index in [1.54, 1.807) is 0 Å². The molecule has 0 saturated heterocycles. The zero-order valence-electron chi connectivity index (χ0n) is 15.4. The van der Waals surface area contributed by atoms with Crippen molar-refractivity contribution >= 4 is 39.1 Å². The second kappa shape index (κ2) is 7.13. The maximum atomic E-state index is 5.32. The molecule has 1 aromatic carbocycles. The third-order valence-corrected chi connectivity index (χ3v) is 6.13. The van der Waals surface area contributed by atoms with Crippen LogP contribution in [0.25, 0.3) is 10.2 Å². The van der Waals surface area contributed by atoms with Crippen LogP contribution in [0.3, 0.4) is 0 Å². The molecule has 0 amide bonds. The molecule has 1 aliphatic rings. The number of nitrogens with zero attached hydrogens (tertiary/aromatic N) is 3. The van der Waals surface area contributed by atoms with Crippen LogP contribution < -0.4 is 9.79 Å². The molecule has 0 aliphatic carbocycles. The highest BCUT2D eigenvalue weighted by atomic mass is 32.1. The lowest BCUT2D eigenvalue weighted by atomic mass is 9.40. The third kappa shape index (κ3) is 3.04. The Morgan fingerprint density at radius 3 is 2.42 bits per heavy atom. The normalized spacial score (nSPS) is 15.8. The van der Waals surface area contributed by atoms with Crippen molar-refractivity contribution in [2.75, 3.05) is 19.4 Å². The monoisotopic (exact) mass is 344 g/mol. The van der Waals surface area contributed by atoms with Crippen molar-refractivity contribution < 1.29 is 4.48 Å². The minimum absolute atomic E-state index is 0.976. The van der Waals surface area contributed by atoms with Gasteiger partial charge in [0.05, 0.1) is 10.2 Å². The van der Waals surface area contributed by atoms with Gasteiger partial charge in [0.15, 0.2) is 0 Å². The van der Waals surface area contributed by atoms with Gasteiger partial charge in [-0.3, -0.25) is 0 Å². The molecule has 0 spiro atoms. The molecule has 2 aromatic rings. The van der Waals surface area contributed by atoms with Gasteiger partial charge in [0.1, 0.15) is 0 Å². The molecule has 3 rings (SSSR count). The van der Waals surface area contributed by atoms with Gasteiger partial charge >= 0.3 is 6.42 Å². The molecular formula is C18H29BN4S. The topological polar surface area (TPSA) is 31.5 Å². The maximum Gasteiger partial charge on any atom is 0.305 e. The van der Waals surface area contributed by atoms with Crippen LogP contribution in [0.1, 0.15) is 39.5 Å². The van der Waals surface area contributed by atoms with Crippen molar-refractivity contribution in [2.45, 2.75) is 52.2 Å². The summed E-state index contributed by atoms with van der Waals surface area (Å²) in [5.74, 6) is 1.01. The predicted octanol–water partition coefficient (Wildman–Crippen LogP) is 4.42. The number of thiazole rings is 1. The number of benzene rings is 1. The number of anilines is 1. The molecule has 0 radical (unpaired) electrons. The van der Waals surface area contributed by atoms with Crippen molar-refractivity contribution in [3.05, 3.63) is 24.3 Å². The van der Waals surface area contributed by atoms with Crippen molar-refractivity contribution in [3.63, 3.8) is 0 Å². The molecular weight excluding hydrogens is 315 g/mol. The fraction of sp³-hybridized carbons (Fsp3) is 0.556. The summed E-state index contributed by atoms with van der Waals surface area (Å²) in [6.45, 7) is 4.55. The Kier molecular flexibility index (Phi) is 5.14. The average Bonchev–Trinajstić information content (AvgIpc) is 2.97. The van der Waals surface area contributed by atoms with Crippen LogP contribution in [0.5, 0.6) is 0 Å². The van der Waals surface area contributed by atoms with Gasteiger partial charge in [-0.1, -0.05) is 63.0 Å². The Morgan fingerprint density at radius 2 is 1.79 bits per heavy atom. The zero-order chi connectivity index (χ0) is 17.2. The van der Waals surface area contributed by atoms with Crippen LogP contribution in [-0.4, -0.2) is 31.4 Å². The summed E-state index contributed by atoms with van der Waals surface area (Å²) < 4.78 is 3.88. The summed E-state index contributed by atoms with van der Waals surface area (Å²) >= 11 is 1.85. The number of nitrogens with one attached hydrogen (secondary N) is 1. The molecule has 6 heteroatoms. The van der Waals surface area contributed by atoms with Crippen molar-refractivity contribution in [1.29, 1.82) is 0 Å². The number of para-hydroxylation sites is 1. The van der Waals surface area contributed by atoms with E-state index in [1.807, 2.05) is 11.3 Å². The van der Waals surface area contributed by atoms with Crippen LogP contribution in [0.15, 0.2) is 29.2 Å². The molecule has 24 heavy (non-hydrogen) atoms. The van der Waals surface area contributed by atoms with Gasteiger partial charge in [0.2, 0.25) is 5.96 Å². The zero-order valence-corrected chi connectivity index (χ0v) is 16.2. The average molecular weight is 344 g/mol. The van der Waals surface area contributed by atoms with E-state index in [1.165, 1.54) is 41.0 Å². The minimum Gasteiger partial charge on any atom is -0.400 e. The first kappa shape index (κ1) is 17.3. The Bertz CT molecular complexity index is 730. The fourth-order valence-electron chi connectivity index (χ4n) is 3.80. The standard InChI is InChI=1S/C18H29BN4S/c1-5-7-13-19(14-8-6-2)21-17(22(3)4)20-18-23(19)15-11-9-10-12-16(15)24-18/h9-12H,5-8,13-14H2,1-4H3,(H,20,21). The Labute approximate surface area is 149 Å². The van der Waals surface area contributed by atoms with E-state index >= 15 is 0 Å². The van der Waals surface area contributed by atoms with Gasteiger partial charge < -0.3 is 14.3 Å². The number of hydrogen-bond donors (Lipinski definition) is 1. The molecule has 0 bridgehead atoms. The van der Waals surface area contributed by atoms with E-state index in [4.69, 9.17) is 4.90 Å². The summed E-state index contributed by atoms with van der Waals surface area (Å²) in [7, 11) is 4.16. The Morgan fingerprint density at radius 1 is 1.12 bits per heavy atom. The largest absolute Gasteiger partial charge is 0.400 e. The molecule has 2 heterocycles. The lowest BCUT2D eigenvalue weighted by molar-refractivity contribution is -0.500. The van der Waals surface area contributed by atoms with Crippen LogP contribution >= 0.6 is 11.3 Å².